The van der Waals surface area contributed by atoms with Gasteiger partial charge < -0.3 is 9.84 Å². The molecule has 19 heavy (non-hydrogen) atoms. The van der Waals surface area contributed by atoms with Crippen LogP contribution in [-0.4, -0.2) is 20.9 Å². The number of carbonyl (C=O) groups is 1. The number of benzene rings is 1. The lowest BCUT2D eigenvalue weighted by atomic mass is 10.2. The maximum Gasteiger partial charge on any atom is 0.335 e. The van der Waals surface area contributed by atoms with Gasteiger partial charge in [0.1, 0.15) is 11.4 Å². The average molecular weight is 325 g/mol. The van der Waals surface area contributed by atoms with Crippen LogP contribution in [0.15, 0.2) is 22.7 Å². The number of nitrogens with zero attached hydrogens (tertiary/aromatic N) is 2. The van der Waals surface area contributed by atoms with Crippen LogP contribution in [0.5, 0.6) is 11.5 Å². The normalized spacial score (nSPS) is 10.5. The van der Waals surface area contributed by atoms with Crippen LogP contribution < -0.4 is 4.74 Å². The summed E-state index contributed by atoms with van der Waals surface area (Å²) in [5.41, 5.74) is 1.90. The molecule has 0 atom stereocenters. The first-order chi connectivity index (χ1) is 8.90. The summed E-state index contributed by atoms with van der Waals surface area (Å²) in [6, 6.07) is 4.64. The van der Waals surface area contributed by atoms with E-state index in [-0.39, 0.29) is 5.56 Å². The first kappa shape index (κ1) is 13.6. The number of aryl methyl sites for hydroxylation is 2. The van der Waals surface area contributed by atoms with E-state index in [2.05, 4.69) is 21.0 Å². The van der Waals surface area contributed by atoms with Gasteiger partial charge in [-0.1, -0.05) is 0 Å². The van der Waals surface area contributed by atoms with Gasteiger partial charge in [-0.15, -0.1) is 0 Å². The Morgan fingerprint density at radius 3 is 2.58 bits per heavy atom. The van der Waals surface area contributed by atoms with Gasteiger partial charge in [-0.25, -0.2) is 4.79 Å². The summed E-state index contributed by atoms with van der Waals surface area (Å²) in [7, 11) is 1.85. The van der Waals surface area contributed by atoms with Crippen LogP contribution in [-0.2, 0) is 7.05 Å². The number of halogens is 1. The summed E-state index contributed by atoms with van der Waals surface area (Å²) in [5.74, 6) is 0.275. The van der Waals surface area contributed by atoms with Crippen molar-refractivity contribution in [2.24, 2.45) is 7.05 Å². The second-order valence-electron chi connectivity index (χ2n) is 4.18. The summed E-state index contributed by atoms with van der Waals surface area (Å²) < 4.78 is 8.14. The Kier molecular flexibility index (Phi) is 3.61. The van der Waals surface area contributed by atoms with Crippen molar-refractivity contribution >= 4 is 21.9 Å². The molecule has 1 aromatic carbocycles. The van der Waals surface area contributed by atoms with Crippen LogP contribution in [0.25, 0.3) is 0 Å². The molecule has 5 nitrogen and oxygen atoms in total. The number of carboxylic acids is 1. The standard InChI is InChI=1S/C13H13BrN2O3/c1-7-12(8(2)16(3)15-7)19-11-5-4-9(13(17)18)6-10(11)14/h4-6H,1-3H3,(H,17,18). The Morgan fingerprint density at radius 1 is 1.42 bits per heavy atom. The molecule has 2 aromatic rings. The van der Waals surface area contributed by atoms with Crippen molar-refractivity contribution in [3.63, 3.8) is 0 Å². The van der Waals surface area contributed by atoms with Gasteiger partial charge in [-0.05, 0) is 48.0 Å². The smallest absolute Gasteiger partial charge is 0.335 e. The summed E-state index contributed by atoms with van der Waals surface area (Å²) in [6.45, 7) is 3.77. The maximum atomic E-state index is 10.9. The topological polar surface area (TPSA) is 64.4 Å². The van der Waals surface area contributed by atoms with E-state index in [0.29, 0.717) is 16.0 Å². The summed E-state index contributed by atoms with van der Waals surface area (Å²) in [6.07, 6.45) is 0. The molecule has 0 bridgehead atoms. The minimum atomic E-state index is -0.971. The lowest BCUT2D eigenvalue weighted by Crippen LogP contribution is -1.97. The van der Waals surface area contributed by atoms with Crippen molar-refractivity contribution in [1.29, 1.82) is 0 Å². The highest BCUT2D eigenvalue weighted by molar-refractivity contribution is 9.10. The molecule has 0 unspecified atom stereocenters. The molecule has 0 fully saturated rings. The van der Waals surface area contributed by atoms with Crippen LogP contribution in [0.3, 0.4) is 0 Å². The summed E-state index contributed by atoms with van der Waals surface area (Å²) in [4.78, 5) is 10.9. The minimum Gasteiger partial charge on any atom is -0.478 e. The minimum absolute atomic E-state index is 0.207. The monoisotopic (exact) mass is 324 g/mol. The molecule has 0 saturated carbocycles. The Labute approximate surface area is 118 Å². The second kappa shape index (κ2) is 5.05. The quantitative estimate of drug-likeness (QED) is 0.940. The summed E-state index contributed by atoms with van der Waals surface area (Å²) in [5, 5.41) is 13.2. The van der Waals surface area contributed by atoms with Crippen LogP contribution in [0.2, 0.25) is 0 Å². The number of aromatic nitrogens is 2. The Bertz CT molecular complexity index is 650. The molecule has 0 amide bonds. The molecule has 2 rings (SSSR count). The van der Waals surface area contributed by atoms with Crippen molar-refractivity contribution in [3.05, 3.63) is 39.6 Å². The predicted molar refractivity (Wildman–Crippen MR) is 73.9 cm³/mol. The second-order valence-corrected chi connectivity index (χ2v) is 5.03. The van der Waals surface area contributed by atoms with Crippen LogP contribution in [0.4, 0.5) is 0 Å². The lowest BCUT2D eigenvalue weighted by Gasteiger charge is -2.08. The van der Waals surface area contributed by atoms with E-state index in [4.69, 9.17) is 9.84 Å². The fourth-order valence-electron chi connectivity index (χ4n) is 1.73. The van der Waals surface area contributed by atoms with Crippen molar-refractivity contribution in [2.45, 2.75) is 13.8 Å². The van der Waals surface area contributed by atoms with E-state index in [9.17, 15) is 4.79 Å². The number of ether oxygens (including phenoxy) is 1. The van der Waals surface area contributed by atoms with Gasteiger partial charge in [0.25, 0.3) is 0 Å². The Morgan fingerprint density at radius 2 is 2.11 bits per heavy atom. The highest BCUT2D eigenvalue weighted by Crippen LogP contribution is 2.33. The van der Waals surface area contributed by atoms with Crippen molar-refractivity contribution in [1.82, 2.24) is 9.78 Å². The highest BCUT2D eigenvalue weighted by atomic mass is 79.9. The van der Waals surface area contributed by atoms with Crippen LogP contribution in [0, 0.1) is 13.8 Å². The third kappa shape index (κ3) is 2.63. The molecule has 0 aliphatic carbocycles. The molecular weight excluding hydrogens is 312 g/mol. The van der Waals surface area contributed by atoms with Gasteiger partial charge in [0.2, 0.25) is 0 Å². The molecule has 0 spiro atoms. The molecule has 0 saturated heterocycles. The average Bonchev–Trinajstić information content (AvgIpc) is 2.58. The molecule has 0 aliphatic rings. The first-order valence-electron chi connectivity index (χ1n) is 5.61. The summed E-state index contributed by atoms with van der Waals surface area (Å²) >= 11 is 3.31. The zero-order chi connectivity index (χ0) is 14.2. The van der Waals surface area contributed by atoms with E-state index in [1.807, 2.05) is 20.9 Å². The zero-order valence-electron chi connectivity index (χ0n) is 10.8. The molecule has 0 radical (unpaired) electrons. The van der Waals surface area contributed by atoms with E-state index >= 15 is 0 Å². The third-order valence-corrected chi connectivity index (χ3v) is 3.45. The fraction of sp³-hybridized carbons (Fsp3) is 0.231. The van der Waals surface area contributed by atoms with Gasteiger partial charge in [0, 0.05) is 7.05 Å². The molecule has 1 heterocycles. The van der Waals surface area contributed by atoms with Gasteiger partial charge in [-0.3, -0.25) is 4.68 Å². The van der Waals surface area contributed by atoms with E-state index in [1.54, 1.807) is 10.7 Å². The number of carboxylic acid groups (broad SMARTS) is 1. The van der Waals surface area contributed by atoms with Crippen LogP contribution >= 0.6 is 15.9 Å². The number of hydrogen-bond donors (Lipinski definition) is 1. The van der Waals surface area contributed by atoms with Crippen molar-refractivity contribution in [3.8, 4) is 11.5 Å². The van der Waals surface area contributed by atoms with E-state index in [0.717, 1.165) is 11.4 Å². The van der Waals surface area contributed by atoms with Crippen molar-refractivity contribution in [2.75, 3.05) is 0 Å². The van der Waals surface area contributed by atoms with Gasteiger partial charge in [-0.2, -0.15) is 5.10 Å². The molecular formula is C13H13BrN2O3. The highest BCUT2D eigenvalue weighted by Gasteiger charge is 2.14. The SMILES string of the molecule is Cc1nn(C)c(C)c1Oc1ccc(C(=O)O)cc1Br. The maximum absolute atomic E-state index is 10.9. The van der Waals surface area contributed by atoms with E-state index in [1.165, 1.54) is 12.1 Å². The number of aromatic carboxylic acids is 1. The number of rotatable bonds is 3. The van der Waals surface area contributed by atoms with Gasteiger partial charge in [0.05, 0.1) is 15.7 Å². The van der Waals surface area contributed by atoms with E-state index < -0.39 is 5.97 Å². The molecule has 0 aliphatic heterocycles. The van der Waals surface area contributed by atoms with Gasteiger partial charge >= 0.3 is 5.97 Å². The van der Waals surface area contributed by atoms with Gasteiger partial charge in [0.15, 0.2) is 5.75 Å². The van der Waals surface area contributed by atoms with Crippen molar-refractivity contribution < 1.29 is 14.6 Å². The Balaban J connectivity index is 2.36. The lowest BCUT2D eigenvalue weighted by molar-refractivity contribution is 0.0697. The first-order valence-corrected chi connectivity index (χ1v) is 6.40. The molecule has 100 valence electrons. The Hall–Kier alpha value is -1.82. The molecule has 1 N–H and O–H groups in total. The number of hydrogen-bond acceptors (Lipinski definition) is 3. The van der Waals surface area contributed by atoms with Crippen LogP contribution in [0.1, 0.15) is 21.7 Å². The predicted octanol–water partition coefficient (Wildman–Crippen LogP) is 3.29. The molecule has 1 aromatic heterocycles. The largest absolute Gasteiger partial charge is 0.478 e. The molecule has 6 heteroatoms. The zero-order valence-corrected chi connectivity index (χ0v) is 12.4. The fourth-order valence-corrected chi connectivity index (χ4v) is 2.19. The third-order valence-electron chi connectivity index (χ3n) is 2.83.